The summed E-state index contributed by atoms with van der Waals surface area (Å²) in [7, 11) is 1.34. The van der Waals surface area contributed by atoms with E-state index in [1.807, 2.05) is 6.07 Å². The van der Waals surface area contributed by atoms with Gasteiger partial charge in [0.1, 0.15) is 17.7 Å². The van der Waals surface area contributed by atoms with Crippen LogP contribution in [0.5, 0.6) is 0 Å². The van der Waals surface area contributed by atoms with Crippen LogP contribution in [0.15, 0.2) is 0 Å². The molecule has 2 atom stereocenters. The van der Waals surface area contributed by atoms with Crippen molar-refractivity contribution in [1.82, 2.24) is 5.32 Å². The first-order valence-corrected chi connectivity index (χ1v) is 7.30. The van der Waals surface area contributed by atoms with Crippen molar-refractivity contribution in [1.29, 1.82) is 5.26 Å². The summed E-state index contributed by atoms with van der Waals surface area (Å²) in [5.74, 6) is -1.82. The first-order valence-electron chi connectivity index (χ1n) is 7.30. The molecule has 24 heavy (non-hydrogen) atoms. The molecule has 0 aromatic carbocycles. The van der Waals surface area contributed by atoms with E-state index < -0.39 is 35.4 Å². The highest BCUT2D eigenvalue weighted by Crippen LogP contribution is 2.16. The Balaban J connectivity index is 5.05. The molecule has 0 saturated heterocycles. The van der Waals surface area contributed by atoms with Gasteiger partial charge in [-0.05, 0) is 27.2 Å². The van der Waals surface area contributed by atoms with Crippen LogP contribution in [-0.2, 0) is 23.9 Å². The number of Topliss-reactive ketones (excluding diaryl/α,β-unsaturated/α-hetero) is 1. The maximum absolute atomic E-state index is 12.3. The molecule has 0 saturated carbocycles. The molecule has 9 nitrogen and oxygen atoms in total. The van der Waals surface area contributed by atoms with E-state index in [9.17, 15) is 14.4 Å². The lowest BCUT2D eigenvalue weighted by Crippen LogP contribution is -2.48. The van der Waals surface area contributed by atoms with Gasteiger partial charge in [-0.3, -0.25) is 9.59 Å². The van der Waals surface area contributed by atoms with Gasteiger partial charge in [0.15, 0.2) is 0 Å². The van der Waals surface area contributed by atoms with Gasteiger partial charge in [-0.15, -0.1) is 0 Å². The molecular formula is C15H22N4O5. The van der Waals surface area contributed by atoms with E-state index in [2.05, 4.69) is 10.1 Å². The Morgan fingerprint density at radius 2 is 2.04 bits per heavy atom. The molecule has 0 spiro atoms. The zero-order chi connectivity index (χ0) is 18.8. The number of hydrogen-bond acceptors (Lipinski definition) is 6. The Bertz CT molecular complexity index is 561. The highest BCUT2D eigenvalue weighted by molar-refractivity contribution is 6.25. The van der Waals surface area contributed by atoms with Gasteiger partial charge < -0.3 is 20.3 Å². The summed E-state index contributed by atoms with van der Waals surface area (Å²) in [4.78, 5) is 38.2. The largest absolute Gasteiger partial charge is 0.457 e. The predicted molar refractivity (Wildman–Crippen MR) is 82.7 cm³/mol. The number of amides is 1. The number of esters is 1. The van der Waals surface area contributed by atoms with E-state index in [4.69, 9.17) is 20.3 Å². The van der Waals surface area contributed by atoms with Crippen molar-refractivity contribution in [2.45, 2.75) is 57.8 Å². The van der Waals surface area contributed by atoms with Crippen LogP contribution in [0.2, 0.25) is 0 Å². The van der Waals surface area contributed by atoms with Crippen molar-refractivity contribution >= 4 is 23.9 Å². The van der Waals surface area contributed by atoms with Gasteiger partial charge in [0.25, 0.3) is 0 Å². The van der Waals surface area contributed by atoms with Crippen LogP contribution in [0.1, 0.15) is 40.0 Å². The predicted octanol–water partition coefficient (Wildman–Crippen LogP) is 0.391. The molecule has 0 aliphatic rings. The summed E-state index contributed by atoms with van der Waals surface area (Å²) < 4.78 is 10.1. The Morgan fingerprint density at radius 3 is 2.54 bits per heavy atom. The van der Waals surface area contributed by atoms with Crippen LogP contribution in [0.4, 0.5) is 0 Å². The number of carbonyl (C=O) groups excluding carboxylic acids is 3. The number of methoxy groups -OCH3 is 1. The number of ether oxygens (including phenoxy) is 2. The van der Waals surface area contributed by atoms with Gasteiger partial charge in [-0.2, -0.15) is 10.1 Å². The Labute approximate surface area is 140 Å². The molecule has 0 fully saturated rings. The lowest BCUT2D eigenvalue weighted by atomic mass is 10.1. The topological polar surface area (TPSA) is 142 Å². The minimum Gasteiger partial charge on any atom is -0.457 e. The summed E-state index contributed by atoms with van der Waals surface area (Å²) in [6.45, 7) is 4.63. The highest BCUT2D eigenvalue weighted by Gasteiger charge is 2.30. The van der Waals surface area contributed by atoms with Crippen molar-refractivity contribution in [2.75, 3.05) is 7.11 Å². The van der Waals surface area contributed by atoms with Crippen molar-refractivity contribution in [2.24, 2.45) is 0 Å². The fourth-order valence-corrected chi connectivity index (χ4v) is 1.63. The second-order valence-corrected chi connectivity index (χ2v) is 5.70. The van der Waals surface area contributed by atoms with Crippen LogP contribution >= 0.6 is 0 Å². The maximum Gasteiger partial charge on any atom is 0.329 e. The Hall–Kier alpha value is -2.56. The molecule has 0 unspecified atom stereocenters. The number of ketones is 1. The zero-order valence-corrected chi connectivity index (χ0v) is 14.2. The Kier molecular flexibility index (Phi) is 9.16. The minimum absolute atomic E-state index is 0.0238. The molecule has 1 amide bonds. The molecular weight excluding hydrogens is 316 g/mol. The van der Waals surface area contributed by atoms with E-state index in [1.165, 1.54) is 14.0 Å². The van der Waals surface area contributed by atoms with Crippen molar-refractivity contribution < 1.29 is 28.6 Å². The number of nitriles is 1. The average Bonchev–Trinajstić information content (AvgIpc) is 2.49. The molecule has 0 aromatic heterocycles. The standard InChI is InChI=1S/C15H22N4O5/c1-10(23-4)13(21)19-12(6-5-11(20)9-18-17)14(22)24-15(2,3)7-8-16/h9-10,12H,5-7H2,1-4H3,(H,19,21)/t10-,12+/m1/s1. The number of rotatable bonds is 10. The number of nitrogens with one attached hydrogen (secondary N) is 1. The summed E-state index contributed by atoms with van der Waals surface area (Å²) in [6.07, 6.45) is -0.285. The highest BCUT2D eigenvalue weighted by atomic mass is 16.6. The number of hydrogen-bond donors (Lipinski definition) is 1. The van der Waals surface area contributed by atoms with Crippen molar-refractivity contribution in [3.8, 4) is 6.07 Å². The molecule has 0 heterocycles. The minimum atomic E-state index is -1.09. The van der Waals surface area contributed by atoms with Crippen LogP contribution in [0.25, 0.3) is 5.53 Å². The van der Waals surface area contributed by atoms with Gasteiger partial charge in [0, 0.05) is 13.5 Å². The lowest BCUT2D eigenvalue weighted by molar-refractivity contribution is -0.160. The fraction of sp³-hybridized carbons (Fsp3) is 0.667. The fourth-order valence-electron chi connectivity index (χ4n) is 1.63. The Morgan fingerprint density at radius 1 is 1.42 bits per heavy atom. The summed E-state index contributed by atoms with van der Waals surface area (Å²) in [5, 5.41) is 11.2. The molecule has 0 aliphatic heterocycles. The monoisotopic (exact) mass is 338 g/mol. The SMILES string of the molecule is CO[C@H](C)C(=O)N[C@@H](CCC(=O)C=[N+]=[N-])C(=O)OC(C)(C)CC#N. The summed E-state index contributed by atoms with van der Waals surface area (Å²) in [6, 6.07) is 0.810. The normalized spacial score (nSPS) is 13.0. The van der Waals surface area contributed by atoms with Crippen LogP contribution in [0.3, 0.4) is 0 Å². The molecule has 132 valence electrons. The third-order valence-electron chi connectivity index (χ3n) is 3.09. The second kappa shape index (κ2) is 10.3. The molecule has 0 bridgehead atoms. The molecule has 1 N–H and O–H groups in total. The summed E-state index contributed by atoms with van der Waals surface area (Å²) >= 11 is 0. The van der Waals surface area contributed by atoms with Gasteiger partial charge >= 0.3 is 12.2 Å². The quantitative estimate of drug-likeness (QED) is 0.264. The molecule has 0 aliphatic carbocycles. The van der Waals surface area contributed by atoms with E-state index in [1.54, 1.807) is 13.8 Å². The third kappa shape index (κ3) is 8.17. The zero-order valence-electron chi connectivity index (χ0n) is 14.2. The van der Waals surface area contributed by atoms with Crippen LogP contribution < -0.4 is 5.32 Å². The molecule has 0 aromatic rings. The van der Waals surface area contributed by atoms with Crippen LogP contribution in [0, 0.1) is 11.3 Å². The molecule has 9 heteroatoms. The van der Waals surface area contributed by atoms with E-state index >= 15 is 0 Å². The van der Waals surface area contributed by atoms with Crippen LogP contribution in [-0.4, -0.2) is 53.5 Å². The van der Waals surface area contributed by atoms with Crippen molar-refractivity contribution in [3.63, 3.8) is 0 Å². The van der Waals surface area contributed by atoms with E-state index in [-0.39, 0.29) is 19.3 Å². The second-order valence-electron chi connectivity index (χ2n) is 5.70. The first-order chi connectivity index (χ1) is 11.2. The maximum atomic E-state index is 12.3. The van der Waals surface area contributed by atoms with E-state index in [0.717, 1.165) is 0 Å². The first kappa shape index (κ1) is 21.4. The van der Waals surface area contributed by atoms with E-state index in [0.29, 0.717) is 6.21 Å². The third-order valence-corrected chi connectivity index (χ3v) is 3.09. The van der Waals surface area contributed by atoms with Gasteiger partial charge in [0.2, 0.25) is 11.7 Å². The van der Waals surface area contributed by atoms with Gasteiger partial charge in [0.05, 0.1) is 12.5 Å². The summed E-state index contributed by atoms with van der Waals surface area (Å²) in [5.41, 5.74) is 7.28. The number of carbonyl (C=O) groups is 3. The van der Waals surface area contributed by atoms with Crippen molar-refractivity contribution in [3.05, 3.63) is 5.53 Å². The van der Waals surface area contributed by atoms with Gasteiger partial charge in [-0.25, -0.2) is 4.79 Å². The molecule has 0 radical (unpaired) electrons. The smallest absolute Gasteiger partial charge is 0.329 e. The van der Waals surface area contributed by atoms with Gasteiger partial charge in [-0.1, -0.05) is 0 Å². The lowest BCUT2D eigenvalue weighted by Gasteiger charge is -2.26. The molecule has 0 rings (SSSR count). The number of nitrogens with zero attached hydrogens (tertiary/aromatic N) is 3. The average molecular weight is 338 g/mol.